The number of amides is 3. The number of benzene rings is 1. The molecular weight excluding hydrogens is 476 g/mol. The molecule has 1 aromatic heterocycles. The number of hydrogen-bond acceptors (Lipinski definition) is 7. The number of nitrogens with one attached hydrogen (secondary N) is 1. The average molecular weight is 505 g/mol. The Kier molecular flexibility index (Phi) is 8.12. The van der Waals surface area contributed by atoms with Crippen molar-refractivity contribution in [1.82, 2.24) is 24.9 Å². The maximum atomic E-state index is 12.9. The highest BCUT2D eigenvalue weighted by Crippen LogP contribution is 2.24. The van der Waals surface area contributed by atoms with Gasteiger partial charge in [-0.2, -0.15) is 0 Å². The highest BCUT2D eigenvalue weighted by Gasteiger charge is 2.29. The maximum Gasteiger partial charge on any atom is 0.286 e. The van der Waals surface area contributed by atoms with Crippen LogP contribution in [0.3, 0.4) is 0 Å². The number of rotatable bonds is 5. The Morgan fingerprint density at radius 1 is 0.971 bits per heavy atom. The van der Waals surface area contributed by atoms with Crippen LogP contribution in [0.25, 0.3) is 0 Å². The zero-order valence-corrected chi connectivity index (χ0v) is 20.8. The van der Waals surface area contributed by atoms with Gasteiger partial charge in [0.25, 0.3) is 11.8 Å². The van der Waals surface area contributed by atoms with Crippen LogP contribution in [0.4, 0.5) is 5.69 Å². The van der Waals surface area contributed by atoms with Gasteiger partial charge in [-0.15, -0.1) is 10.2 Å². The Bertz CT molecular complexity index is 1020. The summed E-state index contributed by atoms with van der Waals surface area (Å²) in [5, 5.41) is 11.5. The second-order valence-electron chi connectivity index (χ2n) is 8.85. The average Bonchev–Trinajstić information content (AvgIpc) is 3.23. The van der Waals surface area contributed by atoms with E-state index in [2.05, 4.69) is 27.5 Å². The molecule has 0 saturated carbocycles. The first-order valence-corrected chi connectivity index (χ1v) is 12.7. The van der Waals surface area contributed by atoms with Crippen LogP contribution in [-0.2, 0) is 4.79 Å². The van der Waals surface area contributed by atoms with Crippen molar-refractivity contribution >= 4 is 46.3 Å². The van der Waals surface area contributed by atoms with Crippen LogP contribution in [0.5, 0.6) is 0 Å². The van der Waals surface area contributed by atoms with Crippen molar-refractivity contribution in [3.05, 3.63) is 39.3 Å². The minimum atomic E-state index is -0.421. The predicted octanol–water partition coefficient (Wildman–Crippen LogP) is 2.85. The fourth-order valence-electron chi connectivity index (χ4n) is 4.27. The number of halogens is 1. The number of carbonyl (C=O) groups excluding carboxylic acids is 3. The van der Waals surface area contributed by atoms with Crippen molar-refractivity contribution in [3.63, 3.8) is 0 Å². The van der Waals surface area contributed by atoms with E-state index >= 15 is 0 Å². The molecule has 0 radical (unpaired) electrons. The van der Waals surface area contributed by atoms with Crippen LogP contribution in [0.1, 0.15) is 45.3 Å². The lowest BCUT2D eigenvalue weighted by Crippen LogP contribution is -2.41. The summed E-state index contributed by atoms with van der Waals surface area (Å²) in [6.45, 7) is 4.71. The topological polar surface area (TPSA) is 98.7 Å². The summed E-state index contributed by atoms with van der Waals surface area (Å²) in [5.74, 6) is -0.132. The first-order chi connectivity index (χ1) is 16.4. The fraction of sp³-hybridized carbons (Fsp3) is 0.522. The van der Waals surface area contributed by atoms with E-state index in [4.69, 9.17) is 11.6 Å². The van der Waals surface area contributed by atoms with Gasteiger partial charge in [0.05, 0.1) is 0 Å². The summed E-state index contributed by atoms with van der Waals surface area (Å²) >= 11 is 6.84. The third kappa shape index (κ3) is 6.31. The zero-order valence-electron chi connectivity index (χ0n) is 19.2. The molecule has 2 aliphatic heterocycles. The van der Waals surface area contributed by atoms with Gasteiger partial charge in [-0.05, 0) is 63.0 Å². The Hall–Kier alpha value is -2.56. The van der Waals surface area contributed by atoms with Crippen LogP contribution in [0.2, 0.25) is 5.02 Å². The van der Waals surface area contributed by atoms with E-state index < -0.39 is 5.91 Å². The smallest absolute Gasteiger partial charge is 0.286 e. The number of anilines is 1. The standard InChI is InChI=1S/C23H29ClN6O3S/c1-28-9-2-10-29(14-13-28)19(31)15-16-7-11-30(12-8-16)23(33)22-27-26-21(34-22)20(32)25-18-5-3-17(24)4-6-18/h3-6,16H,2,7-15H2,1H3,(H,25,32). The lowest BCUT2D eigenvalue weighted by molar-refractivity contribution is -0.132. The van der Waals surface area contributed by atoms with Gasteiger partial charge in [-0.1, -0.05) is 22.9 Å². The molecule has 4 rings (SSSR count). The molecule has 34 heavy (non-hydrogen) atoms. The molecule has 2 fully saturated rings. The summed E-state index contributed by atoms with van der Waals surface area (Å²) < 4.78 is 0. The Labute approximate surface area is 208 Å². The van der Waals surface area contributed by atoms with Crippen molar-refractivity contribution in [2.24, 2.45) is 5.92 Å². The normalized spacial score (nSPS) is 17.9. The van der Waals surface area contributed by atoms with E-state index in [1.807, 2.05) is 4.90 Å². The molecule has 3 amide bonds. The molecule has 3 heterocycles. The monoisotopic (exact) mass is 504 g/mol. The molecule has 2 saturated heterocycles. The molecule has 0 atom stereocenters. The number of aromatic nitrogens is 2. The van der Waals surface area contributed by atoms with Crippen molar-refractivity contribution in [2.75, 3.05) is 51.6 Å². The molecule has 0 unspecified atom stereocenters. The second-order valence-corrected chi connectivity index (χ2v) is 10.3. The molecule has 1 aromatic carbocycles. The summed E-state index contributed by atoms with van der Waals surface area (Å²) in [6.07, 6.45) is 3.12. The van der Waals surface area contributed by atoms with E-state index in [1.165, 1.54) is 0 Å². The van der Waals surface area contributed by atoms with Crippen LogP contribution in [0.15, 0.2) is 24.3 Å². The van der Waals surface area contributed by atoms with E-state index in [1.54, 1.807) is 29.2 Å². The summed E-state index contributed by atoms with van der Waals surface area (Å²) in [6, 6.07) is 6.73. The van der Waals surface area contributed by atoms with Crippen molar-refractivity contribution in [1.29, 1.82) is 0 Å². The molecule has 182 valence electrons. The molecule has 9 nitrogen and oxygen atoms in total. The first kappa shape index (κ1) is 24.6. The van der Waals surface area contributed by atoms with Crippen molar-refractivity contribution in [3.8, 4) is 0 Å². The van der Waals surface area contributed by atoms with Gasteiger partial charge >= 0.3 is 0 Å². The number of likely N-dealkylation sites (tertiary alicyclic amines) is 1. The quantitative estimate of drug-likeness (QED) is 0.672. The summed E-state index contributed by atoms with van der Waals surface area (Å²) in [5.41, 5.74) is 0.585. The molecule has 0 spiro atoms. The SMILES string of the molecule is CN1CCCN(C(=O)CC2CCN(C(=O)c3nnc(C(=O)Nc4ccc(Cl)cc4)s3)CC2)CC1. The zero-order chi connectivity index (χ0) is 24.1. The van der Waals surface area contributed by atoms with Gasteiger partial charge in [-0.3, -0.25) is 14.4 Å². The van der Waals surface area contributed by atoms with E-state index in [9.17, 15) is 14.4 Å². The number of carbonyl (C=O) groups is 3. The Balaban J connectivity index is 1.25. The number of likely N-dealkylation sites (N-methyl/N-ethyl adjacent to an activating group) is 1. The molecule has 11 heteroatoms. The number of nitrogens with zero attached hydrogens (tertiary/aromatic N) is 5. The Morgan fingerprint density at radius 3 is 2.41 bits per heavy atom. The number of piperidine rings is 1. The minimum Gasteiger partial charge on any atom is -0.341 e. The molecule has 2 aromatic rings. The molecular formula is C23H29ClN6O3S. The highest BCUT2D eigenvalue weighted by atomic mass is 35.5. The molecule has 0 aliphatic carbocycles. The summed E-state index contributed by atoms with van der Waals surface area (Å²) in [4.78, 5) is 44.0. The highest BCUT2D eigenvalue weighted by molar-refractivity contribution is 7.15. The third-order valence-electron chi connectivity index (χ3n) is 6.34. The number of hydrogen-bond donors (Lipinski definition) is 1. The predicted molar refractivity (Wildman–Crippen MR) is 131 cm³/mol. The largest absolute Gasteiger partial charge is 0.341 e. The fourth-order valence-corrected chi connectivity index (χ4v) is 5.10. The van der Waals surface area contributed by atoms with Crippen LogP contribution >= 0.6 is 22.9 Å². The van der Waals surface area contributed by atoms with Crippen LogP contribution in [-0.4, -0.2) is 88.9 Å². The molecule has 1 N–H and O–H groups in total. The van der Waals surface area contributed by atoms with Gasteiger partial charge in [-0.25, -0.2) is 0 Å². The lowest BCUT2D eigenvalue weighted by Gasteiger charge is -2.32. The van der Waals surface area contributed by atoms with Crippen LogP contribution < -0.4 is 5.32 Å². The van der Waals surface area contributed by atoms with E-state index in [0.717, 1.165) is 56.8 Å². The van der Waals surface area contributed by atoms with Gasteiger partial charge < -0.3 is 20.0 Å². The second kappa shape index (κ2) is 11.2. The molecule has 2 aliphatic rings. The van der Waals surface area contributed by atoms with Gasteiger partial charge in [0.2, 0.25) is 15.9 Å². The molecule has 0 bridgehead atoms. The van der Waals surface area contributed by atoms with Gasteiger partial charge in [0.1, 0.15) is 0 Å². The van der Waals surface area contributed by atoms with Crippen molar-refractivity contribution in [2.45, 2.75) is 25.7 Å². The van der Waals surface area contributed by atoms with Gasteiger partial charge in [0, 0.05) is 49.9 Å². The first-order valence-electron chi connectivity index (χ1n) is 11.5. The third-order valence-corrected chi connectivity index (χ3v) is 7.50. The summed E-state index contributed by atoms with van der Waals surface area (Å²) in [7, 11) is 2.09. The van der Waals surface area contributed by atoms with Crippen LogP contribution in [0, 0.1) is 5.92 Å². The maximum absolute atomic E-state index is 12.9. The lowest BCUT2D eigenvalue weighted by atomic mass is 9.93. The van der Waals surface area contributed by atoms with E-state index in [0.29, 0.717) is 30.2 Å². The Morgan fingerprint density at radius 2 is 1.68 bits per heavy atom. The van der Waals surface area contributed by atoms with E-state index in [-0.39, 0.29) is 27.7 Å². The van der Waals surface area contributed by atoms with Crippen molar-refractivity contribution < 1.29 is 14.4 Å². The van der Waals surface area contributed by atoms with Gasteiger partial charge in [0.15, 0.2) is 0 Å². The minimum absolute atomic E-state index is 0.127.